The molecule has 1 saturated heterocycles. The van der Waals surface area contributed by atoms with Gasteiger partial charge in [-0.25, -0.2) is 9.69 Å². The number of halogens is 2. The number of benzene rings is 1. The smallest absolute Gasteiger partial charge is 0.322 e. The predicted octanol–water partition coefficient (Wildman–Crippen LogP) is 1.91. The molecule has 1 aliphatic heterocycles. The average molecular weight is 356 g/mol. The summed E-state index contributed by atoms with van der Waals surface area (Å²) in [7, 11) is 0. The third-order valence-electron chi connectivity index (χ3n) is 2.98. The molecule has 23 heavy (non-hydrogen) atoms. The van der Waals surface area contributed by atoms with Gasteiger partial charge in [0.15, 0.2) is 0 Å². The normalized spacial score (nSPS) is 14.4. The largest absolute Gasteiger partial charge is 0.335 e. The van der Waals surface area contributed by atoms with Crippen LogP contribution in [0.2, 0.25) is 10.0 Å². The molecule has 0 bridgehead atoms. The molecule has 1 N–H and O–H groups in total. The van der Waals surface area contributed by atoms with E-state index >= 15 is 0 Å². The van der Waals surface area contributed by atoms with Crippen molar-refractivity contribution in [3.8, 4) is 0 Å². The third kappa shape index (κ3) is 3.35. The Kier molecular flexibility index (Phi) is 5.02. The molecule has 1 aliphatic rings. The summed E-state index contributed by atoms with van der Waals surface area (Å²) in [5, 5.41) is 2.82. The molecule has 0 aromatic heterocycles. The Morgan fingerprint density at radius 3 is 2.26 bits per heavy atom. The van der Waals surface area contributed by atoms with Crippen LogP contribution in [-0.2, 0) is 14.4 Å². The maximum Gasteiger partial charge on any atom is 0.335 e. The van der Waals surface area contributed by atoms with Crippen LogP contribution in [0, 0.1) is 0 Å². The number of urea groups is 1. The summed E-state index contributed by atoms with van der Waals surface area (Å²) in [6, 6.07) is 3.76. The van der Waals surface area contributed by atoms with Crippen molar-refractivity contribution < 1.29 is 19.2 Å². The lowest BCUT2D eigenvalue weighted by molar-refractivity contribution is -0.143. The van der Waals surface area contributed by atoms with Gasteiger partial charge in [0, 0.05) is 6.54 Å². The standard InChI is InChI=1S/C14H11Cl2N3O4/c1-2-6-18-12(21)13(22)19(14(18)23)7-10(20)17-11-8(15)4-3-5-9(11)16/h2-5H,1,6-7H2,(H,17,20). The fourth-order valence-electron chi connectivity index (χ4n) is 1.92. The molecule has 1 fully saturated rings. The Bertz CT molecular complexity index is 700. The van der Waals surface area contributed by atoms with Crippen molar-refractivity contribution in [1.29, 1.82) is 0 Å². The Labute approximate surface area is 141 Å². The molecule has 0 atom stereocenters. The molecule has 7 nitrogen and oxygen atoms in total. The molecule has 120 valence electrons. The minimum atomic E-state index is -1.07. The van der Waals surface area contributed by atoms with Crippen molar-refractivity contribution in [1.82, 2.24) is 9.80 Å². The van der Waals surface area contributed by atoms with Crippen LogP contribution < -0.4 is 5.32 Å². The van der Waals surface area contributed by atoms with E-state index in [0.717, 1.165) is 0 Å². The van der Waals surface area contributed by atoms with Crippen molar-refractivity contribution >= 4 is 52.6 Å². The quantitative estimate of drug-likeness (QED) is 0.496. The SMILES string of the molecule is C=CCN1C(=O)C(=O)N(CC(=O)Nc2c(Cl)cccc2Cl)C1=O. The second kappa shape index (κ2) is 6.80. The molecule has 1 heterocycles. The van der Waals surface area contributed by atoms with Crippen LogP contribution >= 0.6 is 23.2 Å². The number of hydrogen-bond donors (Lipinski definition) is 1. The van der Waals surface area contributed by atoms with Gasteiger partial charge in [-0.2, -0.15) is 0 Å². The van der Waals surface area contributed by atoms with Crippen LogP contribution in [0.25, 0.3) is 0 Å². The van der Waals surface area contributed by atoms with Gasteiger partial charge in [-0.1, -0.05) is 35.3 Å². The predicted molar refractivity (Wildman–Crippen MR) is 84.1 cm³/mol. The van der Waals surface area contributed by atoms with Crippen molar-refractivity contribution in [2.75, 3.05) is 18.4 Å². The van der Waals surface area contributed by atoms with E-state index in [2.05, 4.69) is 11.9 Å². The van der Waals surface area contributed by atoms with Crippen molar-refractivity contribution in [2.24, 2.45) is 0 Å². The summed E-state index contributed by atoms with van der Waals surface area (Å²) in [5.74, 6) is -2.79. The molecule has 2 rings (SSSR count). The second-order valence-electron chi connectivity index (χ2n) is 4.52. The van der Waals surface area contributed by atoms with Crippen LogP contribution in [0.4, 0.5) is 10.5 Å². The summed E-state index contributed by atoms with van der Waals surface area (Å²) < 4.78 is 0. The van der Waals surface area contributed by atoms with E-state index in [1.807, 2.05) is 0 Å². The lowest BCUT2D eigenvalue weighted by Crippen LogP contribution is -2.39. The zero-order valence-corrected chi connectivity index (χ0v) is 13.2. The maximum atomic E-state index is 12.0. The highest BCUT2D eigenvalue weighted by Crippen LogP contribution is 2.29. The van der Waals surface area contributed by atoms with E-state index in [4.69, 9.17) is 23.2 Å². The highest BCUT2D eigenvalue weighted by molar-refractivity contribution is 6.45. The molecular weight excluding hydrogens is 345 g/mol. The van der Waals surface area contributed by atoms with Gasteiger partial charge in [-0.15, -0.1) is 6.58 Å². The molecular formula is C14H11Cl2N3O4. The number of nitrogens with one attached hydrogen (secondary N) is 1. The van der Waals surface area contributed by atoms with E-state index in [0.29, 0.717) is 9.80 Å². The zero-order valence-electron chi connectivity index (χ0n) is 11.7. The summed E-state index contributed by atoms with van der Waals surface area (Å²) >= 11 is 11.8. The van der Waals surface area contributed by atoms with Gasteiger partial charge in [-0.3, -0.25) is 19.3 Å². The fraction of sp³-hybridized carbons (Fsp3) is 0.143. The van der Waals surface area contributed by atoms with Gasteiger partial charge >= 0.3 is 17.8 Å². The topological polar surface area (TPSA) is 86.8 Å². The molecule has 9 heteroatoms. The Morgan fingerprint density at radius 1 is 1.13 bits per heavy atom. The number of carbonyl (C=O) groups is 4. The van der Waals surface area contributed by atoms with Gasteiger partial charge in [-0.05, 0) is 12.1 Å². The number of amides is 5. The number of anilines is 1. The summed E-state index contributed by atoms with van der Waals surface area (Å²) in [5.41, 5.74) is 0.161. The fourth-order valence-corrected chi connectivity index (χ4v) is 2.41. The minimum absolute atomic E-state index is 0.113. The Balaban J connectivity index is 2.11. The Hall–Kier alpha value is -2.38. The highest BCUT2D eigenvalue weighted by Gasteiger charge is 2.44. The zero-order chi connectivity index (χ0) is 17.1. The van der Waals surface area contributed by atoms with Crippen LogP contribution in [-0.4, -0.2) is 46.6 Å². The summed E-state index contributed by atoms with van der Waals surface area (Å²) in [6.07, 6.45) is 1.30. The number of hydrogen-bond acceptors (Lipinski definition) is 4. The van der Waals surface area contributed by atoms with E-state index in [-0.39, 0.29) is 22.3 Å². The summed E-state index contributed by atoms with van der Waals surface area (Å²) in [6.45, 7) is 2.66. The maximum absolute atomic E-state index is 12.0. The molecule has 5 amide bonds. The van der Waals surface area contributed by atoms with E-state index in [1.165, 1.54) is 18.2 Å². The molecule has 1 aromatic rings. The first-order valence-corrected chi connectivity index (χ1v) is 7.14. The first-order valence-electron chi connectivity index (χ1n) is 6.39. The molecule has 0 spiro atoms. The molecule has 0 aliphatic carbocycles. The molecule has 1 aromatic carbocycles. The van der Waals surface area contributed by atoms with Gasteiger partial charge in [0.25, 0.3) is 0 Å². The van der Waals surface area contributed by atoms with Gasteiger partial charge in [0.2, 0.25) is 5.91 Å². The average Bonchev–Trinajstić information content (AvgIpc) is 2.69. The number of imide groups is 2. The number of carbonyl (C=O) groups excluding carboxylic acids is 4. The van der Waals surface area contributed by atoms with Gasteiger partial charge in [0.05, 0.1) is 15.7 Å². The summed E-state index contributed by atoms with van der Waals surface area (Å²) in [4.78, 5) is 48.7. The number of para-hydroxylation sites is 1. The van der Waals surface area contributed by atoms with Crippen molar-refractivity contribution in [3.63, 3.8) is 0 Å². The second-order valence-corrected chi connectivity index (χ2v) is 5.34. The number of rotatable bonds is 5. The molecule has 0 unspecified atom stereocenters. The monoisotopic (exact) mass is 355 g/mol. The van der Waals surface area contributed by atoms with Gasteiger partial charge in [0.1, 0.15) is 6.54 Å². The highest BCUT2D eigenvalue weighted by atomic mass is 35.5. The number of nitrogens with zero attached hydrogens (tertiary/aromatic N) is 2. The van der Waals surface area contributed by atoms with Crippen LogP contribution in [0.1, 0.15) is 0 Å². The van der Waals surface area contributed by atoms with Crippen molar-refractivity contribution in [2.45, 2.75) is 0 Å². The molecule has 0 saturated carbocycles. The van der Waals surface area contributed by atoms with Gasteiger partial charge < -0.3 is 5.32 Å². The molecule has 0 radical (unpaired) electrons. The van der Waals surface area contributed by atoms with Crippen LogP contribution in [0.15, 0.2) is 30.9 Å². The first-order chi connectivity index (χ1) is 10.9. The third-order valence-corrected chi connectivity index (χ3v) is 3.61. The lowest BCUT2D eigenvalue weighted by atomic mass is 10.3. The van der Waals surface area contributed by atoms with Crippen LogP contribution in [0.3, 0.4) is 0 Å². The minimum Gasteiger partial charge on any atom is -0.322 e. The van der Waals surface area contributed by atoms with E-state index < -0.39 is 30.3 Å². The van der Waals surface area contributed by atoms with E-state index in [1.54, 1.807) is 6.07 Å². The van der Waals surface area contributed by atoms with Crippen LogP contribution in [0.5, 0.6) is 0 Å². The van der Waals surface area contributed by atoms with E-state index in [9.17, 15) is 19.2 Å². The Morgan fingerprint density at radius 2 is 1.70 bits per heavy atom. The van der Waals surface area contributed by atoms with Crippen molar-refractivity contribution in [3.05, 3.63) is 40.9 Å². The first kappa shape index (κ1) is 17.0. The lowest BCUT2D eigenvalue weighted by Gasteiger charge is -2.15.